The number of morpholine rings is 1. The Morgan fingerprint density at radius 2 is 1.64 bits per heavy atom. The molecule has 0 radical (unpaired) electrons. The zero-order valence-corrected chi connectivity index (χ0v) is 19.8. The highest BCUT2D eigenvalue weighted by atomic mass is 16.6. The number of carbonyl (C=O) groups is 1. The first-order valence-electron chi connectivity index (χ1n) is 12.5. The van der Waals surface area contributed by atoms with Crippen molar-refractivity contribution in [1.82, 2.24) is 14.3 Å². The van der Waals surface area contributed by atoms with Crippen LogP contribution in [0, 0.1) is 0 Å². The monoisotopic (exact) mass is 481 g/mol. The zero-order valence-electron chi connectivity index (χ0n) is 19.8. The number of piperidine rings is 1. The number of pyridine rings is 1. The maximum atomic E-state index is 13.5. The topological polar surface area (TPSA) is 76.3 Å². The van der Waals surface area contributed by atoms with Crippen molar-refractivity contribution in [3.05, 3.63) is 95.9 Å². The van der Waals surface area contributed by atoms with Gasteiger partial charge in [-0.3, -0.25) is 4.90 Å². The van der Waals surface area contributed by atoms with Gasteiger partial charge in [0, 0.05) is 31.2 Å². The average Bonchev–Trinajstić information content (AvgIpc) is 3.49. The van der Waals surface area contributed by atoms with Crippen LogP contribution in [-0.4, -0.2) is 57.4 Å². The van der Waals surface area contributed by atoms with Crippen LogP contribution in [0.2, 0.25) is 0 Å². The van der Waals surface area contributed by atoms with Gasteiger partial charge in [-0.05, 0) is 34.4 Å². The standard InChI is InChI=1S/C29H27N3O4/c33-28(36-18-25-23-8-3-1-6-21(23)22-7-2-4-9-24(22)25)32-19-14-29(34,15-20(32)17-35-16-19)26-10-5-11-27-30-12-13-31(26)27/h1-13,19-20,25,34H,14-18H2. The van der Waals surface area contributed by atoms with Crippen molar-refractivity contribution in [3.8, 4) is 11.1 Å². The third-order valence-electron chi connectivity index (χ3n) is 8.01. The number of fused-ring (bicyclic) bond motifs is 6. The normalized spacial score (nSPS) is 25.0. The van der Waals surface area contributed by atoms with Gasteiger partial charge in [0.05, 0.1) is 31.0 Å². The minimum atomic E-state index is -1.08. The van der Waals surface area contributed by atoms with Crippen LogP contribution in [-0.2, 0) is 15.1 Å². The second kappa shape index (κ2) is 8.18. The summed E-state index contributed by atoms with van der Waals surface area (Å²) in [4.78, 5) is 19.6. The quantitative estimate of drug-likeness (QED) is 0.471. The zero-order chi connectivity index (χ0) is 24.3. The van der Waals surface area contributed by atoms with Crippen LogP contribution >= 0.6 is 0 Å². The number of ether oxygens (including phenoxy) is 2. The fraction of sp³-hybridized carbons (Fsp3) is 0.310. The van der Waals surface area contributed by atoms with Gasteiger partial charge in [-0.1, -0.05) is 54.6 Å². The summed E-state index contributed by atoms with van der Waals surface area (Å²) in [5.74, 6) is 0.0120. The van der Waals surface area contributed by atoms with Crippen LogP contribution in [0.3, 0.4) is 0 Å². The van der Waals surface area contributed by atoms with E-state index in [-0.39, 0.29) is 30.7 Å². The van der Waals surface area contributed by atoms with Crippen LogP contribution in [0.4, 0.5) is 4.79 Å². The van der Waals surface area contributed by atoms with Gasteiger partial charge in [-0.25, -0.2) is 9.78 Å². The lowest BCUT2D eigenvalue weighted by atomic mass is 9.79. The summed E-state index contributed by atoms with van der Waals surface area (Å²) in [6, 6.07) is 21.9. The number of benzene rings is 2. The first kappa shape index (κ1) is 21.6. The maximum Gasteiger partial charge on any atom is 0.410 e. The van der Waals surface area contributed by atoms with Crippen LogP contribution in [0.5, 0.6) is 0 Å². The Kier molecular flexibility index (Phi) is 4.91. The van der Waals surface area contributed by atoms with Crippen molar-refractivity contribution in [2.75, 3.05) is 19.8 Å². The molecule has 1 N–H and O–H groups in total. The minimum absolute atomic E-state index is 0.0120. The van der Waals surface area contributed by atoms with E-state index in [1.807, 2.05) is 53.1 Å². The molecule has 4 aromatic rings. The van der Waals surface area contributed by atoms with E-state index < -0.39 is 5.60 Å². The van der Waals surface area contributed by atoms with Gasteiger partial charge in [0.1, 0.15) is 17.9 Å². The van der Waals surface area contributed by atoms with Crippen LogP contribution in [0.25, 0.3) is 16.8 Å². The summed E-state index contributed by atoms with van der Waals surface area (Å²) in [5.41, 5.74) is 5.29. The molecule has 2 bridgehead atoms. The summed E-state index contributed by atoms with van der Waals surface area (Å²) < 4.78 is 13.7. The maximum absolute atomic E-state index is 13.5. The SMILES string of the molecule is O=C(OCC1c2ccccc2-c2ccccc21)N1C2COCC1CC(O)(c1cccc3nccn13)C2. The molecule has 0 spiro atoms. The predicted molar refractivity (Wildman–Crippen MR) is 134 cm³/mol. The molecule has 4 heterocycles. The summed E-state index contributed by atoms with van der Waals surface area (Å²) in [6.45, 7) is 1.04. The van der Waals surface area contributed by atoms with E-state index in [1.165, 1.54) is 22.3 Å². The minimum Gasteiger partial charge on any atom is -0.448 e. The summed E-state index contributed by atoms with van der Waals surface area (Å²) in [6.07, 6.45) is 4.03. The van der Waals surface area contributed by atoms with Crippen molar-refractivity contribution in [3.63, 3.8) is 0 Å². The molecule has 1 aliphatic carbocycles. The van der Waals surface area contributed by atoms with E-state index in [9.17, 15) is 9.90 Å². The summed E-state index contributed by atoms with van der Waals surface area (Å²) in [5, 5.41) is 11.8. The molecule has 1 amide bonds. The lowest BCUT2D eigenvalue weighted by Crippen LogP contribution is -2.63. The number of aromatic nitrogens is 2. The molecular formula is C29H27N3O4. The van der Waals surface area contributed by atoms with Crippen molar-refractivity contribution in [2.45, 2.75) is 36.4 Å². The third-order valence-corrected chi connectivity index (χ3v) is 8.01. The highest BCUT2D eigenvalue weighted by Gasteiger charge is 2.50. The largest absolute Gasteiger partial charge is 0.448 e. The van der Waals surface area contributed by atoms with Gasteiger partial charge >= 0.3 is 6.09 Å². The van der Waals surface area contributed by atoms with Gasteiger partial charge in [0.25, 0.3) is 0 Å². The molecule has 7 rings (SSSR count). The van der Waals surface area contributed by atoms with Gasteiger partial charge < -0.3 is 19.0 Å². The van der Waals surface area contributed by atoms with E-state index in [0.717, 1.165) is 11.3 Å². The molecule has 7 nitrogen and oxygen atoms in total. The van der Waals surface area contributed by atoms with Gasteiger partial charge in [-0.2, -0.15) is 0 Å². The van der Waals surface area contributed by atoms with E-state index in [0.29, 0.717) is 26.1 Å². The number of imidazole rings is 1. The number of rotatable bonds is 3. The van der Waals surface area contributed by atoms with E-state index in [2.05, 4.69) is 29.2 Å². The molecule has 0 saturated carbocycles. The summed E-state index contributed by atoms with van der Waals surface area (Å²) >= 11 is 0. The Bertz CT molecular complexity index is 1400. The molecule has 2 aliphatic heterocycles. The second-order valence-electron chi connectivity index (χ2n) is 10.1. The summed E-state index contributed by atoms with van der Waals surface area (Å²) in [7, 11) is 0. The van der Waals surface area contributed by atoms with Gasteiger partial charge in [-0.15, -0.1) is 0 Å². The van der Waals surface area contributed by atoms with E-state index in [4.69, 9.17) is 9.47 Å². The number of aliphatic hydroxyl groups is 1. The first-order chi connectivity index (χ1) is 17.6. The molecule has 2 saturated heterocycles. The molecular weight excluding hydrogens is 454 g/mol. The smallest absolute Gasteiger partial charge is 0.410 e. The lowest BCUT2D eigenvalue weighted by Gasteiger charge is -2.50. The van der Waals surface area contributed by atoms with E-state index >= 15 is 0 Å². The number of hydrogen-bond acceptors (Lipinski definition) is 5. The fourth-order valence-corrected chi connectivity index (χ4v) is 6.48. The fourth-order valence-electron chi connectivity index (χ4n) is 6.48. The number of nitrogens with zero attached hydrogens (tertiary/aromatic N) is 3. The van der Waals surface area contributed by atoms with Gasteiger partial charge in [0.2, 0.25) is 0 Å². The third kappa shape index (κ3) is 3.27. The Morgan fingerprint density at radius 1 is 0.972 bits per heavy atom. The average molecular weight is 482 g/mol. The molecule has 3 aliphatic rings. The van der Waals surface area contributed by atoms with Crippen molar-refractivity contribution in [2.24, 2.45) is 0 Å². The lowest BCUT2D eigenvalue weighted by molar-refractivity contribution is -0.138. The van der Waals surface area contributed by atoms with Crippen LogP contribution < -0.4 is 0 Å². The Labute approximate surface area is 208 Å². The molecule has 2 aromatic heterocycles. The highest BCUT2D eigenvalue weighted by molar-refractivity contribution is 5.79. The van der Waals surface area contributed by atoms with Gasteiger partial charge in [0.15, 0.2) is 0 Å². The molecule has 2 atom stereocenters. The van der Waals surface area contributed by atoms with Crippen LogP contribution in [0.15, 0.2) is 79.1 Å². The Balaban J connectivity index is 1.12. The van der Waals surface area contributed by atoms with Crippen molar-refractivity contribution >= 4 is 11.7 Å². The number of hydrogen-bond donors (Lipinski definition) is 1. The van der Waals surface area contributed by atoms with Crippen molar-refractivity contribution < 1.29 is 19.4 Å². The molecule has 2 unspecified atom stereocenters. The Hall–Kier alpha value is -3.68. The molecule has 2 aromatic carbocycles. The highest BCUT2D eigenvalue weighted by Crippen LogP contribution is 2.45. The molecule has 7 heteroatoms. The number of carbonyl (C=O) groups excluding carboxylic acids is 1. The first-order valence-corrected chi connectivity index (χ1v) is 12.5. The van der Waals surface area contributed by atoms with Crippen molar-refractivity contribution in [1.29, 1.82) is 0 Å². The molecule has 182 valence electrons. The predicted octanol–water partition coefficient (Wildman–Crippen LogP) is 4.33. The molecule has 2 fully saturated rings. The Morgan fingerprint density at radius 3 is 2.33 bits per heavy atom. The van der Waals surface area contributed by atoms with E-state index in [1.54, 1.807) is 11.1 Å². The number of amides is 1. The van der Waals surface area contributed by atoms with Crippen LogP contribution in [0.1, 0.15) is 35.6 Å². The second-order valence-corrected chi connectivity index (χ2v) is 10.1. The molecule has 36 heavy (non-hydrogen) atoms.